The van der Waals surface area contributed by atoms with E-state index in [1.807, 2.05) is 32.0 Å². The summed E-state index contributed by atoms with van der Waals surface area (Å²) in [6.07, 6.45) is -0.294. The number of hydrogen-bond acceptors (Lipinski definition) is 4. The molecule has 0 unspecified atom stereocenters. The van der Waals surface area contributed by atoms with Crippen molar-refractivity contribution in [1.29, 1.82) is 0 Å². The first-order chi connectivity index (χ1) is 14.9. The van der Waals surface area contributed by atoms with Gasteiger partial charge in [0, 0.05) is 31.7 Å². The molecule has 1 aliphatic heterocycles. The van der Waals surface area contributed by atoms with Crippen LogP contribution in [0, 0.1) is 11.7 Å². The summed E-state index contributed by atoms with van der Waals surface area (Å²) in [7, 11) is 0. The summed E-state index contributed by atoms with van der Waals surface area (Å²) in [6.45, 7) is 6.21. The number of para-hydroxylation sites is 1. The highest BCUT2D eigenvalue weighted by molar-refractivity contribution is 5.94. The number of rotatable bonds is 8. The minimum atomic E-state index is -0.380. The second-order valence-corrected chi connectivity index (χ2v) is 8.05. The lowest BCUT2D eigenvalue weighted by atomic mass is 10.1. The van der Waals surface area contributed by atoms with E-state index in [1.165, 1.54) is 24.3 Å². The highest BCUT2D eigenvalue weighted by atomic mass is 19.1. The number of halogens is 1. The Morgan fingerprint density at radius 1 is 1.16 bits per heavy atom. The van der Waals surface area contributed by atoms with Gasteiger partial charge in [0.05, 0.1) is 12.7 Å². The minimum absolute atomic E-state index is 0.0407. The fourth-order valence-electron chi connectivity index (χ4n) is 3.51. The number of ether oxygens (including phenoxy) is 2. The third-order valence-electron chi connectivity index (χ3n) is 4.98. The van der Waals surface area contributed by atoms with E-state index in [4.69, 9.17) is 9.47 Å². The SMILES string of the molecule is CC(C)CN(C[C@H]1CN(C(=O)COc2ccccc2)CCO1)C(=O)c1ccc(F)cc1. The zero-order valence-corrected chi connectivity index (χ0v) is 18.0. The zero-order valence-electron chi connectivity index (χ0n) is 18.0. The lowest BCUT2D eigenvalue weighted by molar-refractivity contribution is -0.141. The first kappa shape index (κ1) is 22.7. The van der Waals surface area contributed by atoms with Crippen LogP contribution in [0.25, 0.3) is 0 Å². The molecule has 0 aliphatic carbocycles. The second-order valence-electron chi connectivity index (χ2n) is 8.05. The van der Waals surface area contributed by atoms with Gasteiger partial charge in [-0.2, -0.15) is 0 Å². The van der Waals surface area contributed by atoms with Gasteiger partial charge < -0.3 is 19.3 Å². The van der Waals surface area contributed by atoms with Gasteiger partial charge in [-0.3, -0.25) is 9.59 Å². The number of morpholine rings is 1. The summed E-state index contributed by atoms with van der Waals surface area (Å²) < 4.78 is 24.6. The molecule has 166 valence electrons. The van der Waals surface area contributed by atoms with E-state index in [0.717, 1.165) is 0 Å². The van der Waals surface area contributed by atoms with Crippen LogP contribution >= 0.6 is 0 Å². The van der Waals surface area contributed by atoms with Gasteiger partial charge >= 0.3 is 0 Å². The fourth-order valence-corrected chi connectivity index (χ4v) is 3.51. The standard InChI is InChI=1S/C24H29FN2O4/c1-18(2)14-27(24(29)19-8-10-20(25)11-9-19)16-22-15-26(12-13-30-22)23(28)17-31-21-6-4-3-5-7-21/h3-11,18,22H,12-17H2,1-2H3/t22-/m1/s1. The second kappa shape index (κ2) is 10.9. The smallest absolute Gasteiger partial charge is 0.260 e. The zero-order chi connectivity index (χ0) is 22.2. The molecule has 0 bridgehead atoms. The Labute approximate surface area is 182 Å². The van der Waals surface area contributed by atoms with Crippen molar-refractivity contribution in [1.82, 2.24) is 9.80 Å². The first-order valence-corrected chi connectivity index (χ1v) is 10.5. The van der Waals surface area contributed by atoms with Gasteiger partial charge in [-0.15, -0.1) is 0 Å². The molecule has 7 heteroatoms. The maximum Gasteiger partial charge on any atom is 0.260 e. The predicted octanol–water partition coefficient (Wildman–Crippen LogP) is 3.23. The summed E-state index contributed by atoms with van der Waals surface area (Å²) >= 11 is 0. The van der Waals surface area contributed by atoms with Crippen molar-refractivity contribution in [2.75, 3.05) is 39.4 Å². The number of carbonyl (C=O) groups excluding carboxylic acids is 2. The molecule has 0 aromatic heterocycles. The lowest BCUT2D eigenvalue weighted by Gasteiger charge is -2.36. The Morgan fingerprint density at radius 3 is 2.55 bits per heavy atom. The highest BCUT2D eigenvalue weighted by Gasteiger charge is 2.28. The van der Waals surface area contributed by atoms with Crippen molar-refractivity contribution in [3.8, 4) is 5.75 Å². The normalized spacial score (nSPS) is 16.3. The van der Waals surface area contributed by atoms with E-state index >= 15 is 0 Å². The predicted molar refractivity (Wildman–Crippen MR) is 115 cm³/mol. The van der Waals surface area contributed by atoms with Crippen LogP contribution in [0.15, 0.2) is 54.6 Å². The lowest BCUT2D eigenvalue weighted by Crippen LogP contribution is -2.52. The van der Waals surface area contributed by atoms with Crippen LogP contribution in [-0.4, -0.2) is 67.1 Å². The van der Waals surface area contributed by atoms with Crippen LogP contribution in [-0.2, 0) is 9.53 Å². The van der Waals surface area contributed by atoms with E-state index in [0.29, 0.717) is 44.1 Å². The molecule has 2 aromatic carbocycles. The fraction of sp³-hybridized carbons (Fsp3) is 0.417. The molecule has 0 radical (unpaired) electrons. The Balaban J connectivity index is 1.59. The molecule has 3 rings (SSSR count). The van der Waals surface area contributed by atoms with Gasteiger partial charge in [0.1, 0.15) is 11.6 Å². The topological polar surface area (TPSA) is 59.1 Å². The number of nitrogens with zero attached hydrogens (tertiary/aromatic N) is 2. The van der Waals surface area contributed by atoms with E-state index in [-0.39, 0.29) is 36.3 Å². The molecule has 31 heavy (non-hydrogen) atoms. The van der Waals surface area contributed by atoms with Gasteiger partial charge in [0.25, 0.3) is 11.8 Å². The Kier molecular flexibility index (Phi) is 8.00. The number of carbonyl (C=O) groups is 2. The van der Waals surface area contributed by atoms with Gasteiger partial charge in [-0.25, -0.2) is 4.39 Å². The van der Waals surface area contributed by atoms with Crippen molar-refractivity contribution in [2.45, 2.75) is 20.0 Å². The number of hydrogen-bond donors (Lipinski definition) is 0. The van der Waals surface area contributed by atoms with Crippen LogP contribution in [0.1, 0.15) is 24.2 Å². The molecular weight excluding hydrogens is 399 g/mol. The number of benzene rings is 2. The van der Waals surface area contributed by atoms with E-state index in [2.05, 4.69) is 0 Å². The molecule has 1 aliphatic rings. The maximum absolute atomic E-state index is 13.2. The summed E-state index contributed by atoms with van der Waals surface area (Å²) in [5.74, 6) is 0.235. The van der Waals surface area contributed by atoms with Crippen LogP contribution < -0.4 is 4.74 Å². The van der Waals surface area contributed by atoms with Crippen molar-refractivity contribution < 1.29 is 23.5 Å². The van der Waals surface area contributed by atoms with Gasteiger partial charge in [0.15, 0.2) is 6.61 Å². The van der Waals surface area contributed by atoms with Crippen LogP contribution in [0.5, 0.6) is 5.75 Å². The monoisotopic (exact) mass is 428 g/mol. The van der Waals surface area contributed by atoms with Crippen molar-refractivity contribution in [3.63, 3.8) is 0 Å². The van der Waals surface area contributed by atoms with Crippen molar-refractivity contribution in [3.05, 3.63) is 66.0 Å². The van der Waals surface area contributed by atoms with Crippen molar-refractivity contribution >= 4 is 11.8 Å². The largest absolute Gasteiger partial charge is 0.484 e. The molecule has 1 heterocycles. The van der Waals surface area contributed by atoms with Crippen LogP contribution in [0.4, 0.5) is 4.39 Å². The summed E-state index contributed by atoms with van der Waals surface area (Å²) in [6, 6.07) is 14.7. The molecule has 0 spiro atoms. The molecule has 2 amide bonds. The quantitative estimate of drug-likeness (QED) is 0.648. The molecular formula is C24H29FN2O4. The Hall–Kier alpha value is -2.93. The molecule has 0 N–H and O–H groups in total. The molecule has 1 fully saturated rings. The third kappa shape index (κ3) is 6.79. The van der Waals surface area contributed by atoms with E-state index < -0.39 is 0 Å². The average molecular weight is 429 g/mol. The summed E-state index contributed by atoms with van der Waals surface area (Å²) in [5, 5.41) is 0. The summed E-state index contributed by atoms with van der Waals surface area (Å²) in [4.78, 5) is 29.0. The molecule has 0 saturated carbocycles. The highest BCUT2D eigenvalue weighted by Crippen LogP contribution is 2.14. The van der Waals surface area contributed by atoms with Gasteiger partial charge in [-0.1, -0.05) is 32.0 Å². The van der Waals surface area contributed by atoms with Gasteiger partial charge in [-0.05, 0) is 42.3 Å². The average Bonchev–Trinajstić information content (AvgIpc) is 2.77. The van der Waals surface area contributed by atoms with E-state index in [1.54, 1.807) is 21.9 Å². The summed E-state index contributed by atoms with van der Waals surface area (Å²) in [5.41, 5.74) is 0.432. The van der Waals surface area contributed by atoms with Gasteiger partial charge in [0.2, 0.25) is 0 Å². The number of amides is 2. The Morgan fingerprint density at radius 2 is 1.87 bits per heavy atom. The molecule has 1 saturated heterocycles. The Bertz CT molecular complexity index is 858. The third-order valence-corrected chi connectivity index (χ3v) is 4.98. The molecule has 1 atom stereocenters. The van der Waals surface area contributed by atoms with E-state index in [9.17, 15) is 14.0 Å². The van der Waals surface area contributed by atoms with Crippen LogP contribution in [0.3, 0.4) is 0 Å². The van der Waals surface area contributed by atoms with Crippen molar-refractivity contribution in [2.24, 2.45) is 5.92 Å². The van der Waals surface area contributed by atoms with Crippen LogP contribution in [0.2, 0.25) is 0 Å². The minimum Gasteiger partial charge on any atom is -0.484 e. The molecule has 6 nitrogen and oxygen atoms in total. The maximum atomic E-state index is 13.2. The molecule has 2 aromatic rings. The first-order valence-electron chi connectivity index (χ1n) is 10.5.